The quantitative estimate of drug-likeness (QED) is 0.798. The Morgan fingerprint density at radius 1 is 1.55 bits per heavy atom. The van der Waals surface area contributed by atoms with Crippen LogP contribution in [0.15, 0.2) is 24.3 Å². The fourth-order valence-corrected chi connectivity index (χ4v) is 2.37. The summed E-state index contributed by atoms with van der Waals surface area (Å²) >= 11 is 5.95. The van der Waals surface area contributed by atoms with Crippen molar-refractivity contribution in [3.8, 4) is 0 Å². The molecule has 1 aliphatic rings. The van der Waals surface area contributed by atoms with Crippen LogP contribution in [-0.4, -0.2) is 43.1 Å². The maximum absolute atomic E-state index is 11.9. The second-order valence-corrected chi connectivity index (χ2v) is 5.04. The molecule has 1 aromatic rings. The minimum atomic E-state index is -0.627. The minimum Gasteiger partial charge on any atom is -0.467 e. The summed E-state index contributed by atoms with van der Waals surface area (Å²) in [6.45, 7) is 1.89. The summed E-state index contributed by atoms with van der Waals surface area (Å²) in [6, 6.07) is 6.65. The van der Waals surface area contributed by atoms with Crippen LogP contribution >= 0.6 is 11.6 Å². The molecule has 0 N–H and O–H groups in total. The Labute approximate surface area is 122 Å². The monoisotopic (exact) mass is 297 g/mol. The number of ether oxygens (including phenoxy) is 2. The molecule has 0 aromatic heterocycles. The number of nitrogens with zero attached hydrogens (tertiary/aromatic N) is 1. The number of rotatable bonds is 3. The van der Waals surface area contributed by atoms with Gasteiger partial charge in [0.1, 0.15) is 18.8 Å². The van der Waals surface area contributed by atoms with E-state index in [-0.39, 0.29) is 18.6 Å². The number of hydrogen-bond donors (Lipinski definition) is 0. The fraction of sp³-hybridized carbons (Fsp3) is 0.429. The number of methoxy groups -OCH3 is 1. The van der Waals surface area contributed by atoms with E-state index in [2.05, 4.69) is 4.74 Å². The van der Waals surface area contributed by atoms with Gasteiger partial charge in [0.2, 0.25) is 5.91 Å². The largest absolute Gasteiger partial charge is 0.467 e. The molecule has 1 aromatic carbocycles. The smallest absolute Gasteiger partial charge is 0.328 e. The highest BCUT2D eigenvalue weighted by molar-refractivity contribution is 6.30. The van der Waals surface area contributed by atoms with E-state index in [1.807, 2.05) is 12.1 Å². The van der Waals surface area contributed by atoms with Crippen LogP contribution in [0.4, 0.5) is 0 Å². The highest BCUT2D eigenvalue weighted by Crippen LogP contribution is 2.26. The van der Waals surface area contributed by atoms with E-state index in [0.29, 0.717) is 11.6 Å². The van der Waals surface area contributed by atoms with Crippen LogP contribution in [0.1, 0.15) is 18.6 Å². The van der Waals surface area contributed by atoms with E-state index >= 15 is 0 Å². The van der Waals surface area contributed by atoms with E-state index in [1.54, 1.807) is 19.1 Å². The number of hydrogen-bond acceptors (Lipinski definition) is 4. The molecule has 1 saturated heterocycles. The Morgan fingerprint density at radius 2 is 2.30 bits per heavy atom. The van der Waals surface area contributed by atoms with Crippen molar-refractivity contribution in [3.63, 3.8) is 0 Å². The van der Waals surface area contributed by atoms with Crippen molar-refractivity contribution in [2.45, 2.75) is 19.1 Å². The van der Waals surface area contributed by atoms with Gasteiger partial charge in [0.25, 0.3) is 0 Å². The molecule has 0 spiro atoms. The molecule has 2 atom stereocenters. The summed E-state index contributed by atoms with van der Waals surface area (Å²) < 4.78 is 10.2. The Balaban J connectivity index is 2.15. The summed E-state index contributed by atoms with van der Waals surface area (Å²) in [7, 11) is 1.30. The zero-order chi connectivity index (χ0) is 14.7. The van der Waals surface area contributed by atoms with Gasteiger partial charge in [-0.3, -0.25) is 4.79 Å². The number of esters is 1. The van der Waals surface area contributed by atoms with Gasteiger partial charge >= 0.3 is 5.97 Å². The summed E-state index contributed by atoms with van der Waals surface area (Å²) in [5.74, 6) is -0.661. The molecule has 0 unspecified atom stereocenters. The molecule has 0 radical (unpaired) electrons. The van der Waals surface area contributed by atoms with Gasteiger partial charge in [-0.1, -0.05) is 23.7 Å². The standard InChI is InChI=1S/C14H16ClNO4/c1-9(14(18)19-2)16-7-12(20-8-13(16)17)10-4-3-5-11(15)6-10/h3-6,9,12H,7-8H2,1-2H3/t9-,12+/m1/s1. The molecule has 5 nitrogen and oxygen atoms in total. The first-order valence-corrected chi connectivity index (χ1v) is 6.65. The van der Waals surface area contributed by atoms with E-state index in [4.69, 9.17) is 16.3 Å². The third-order valence-electron chi connectivity index (χ3n) is 3.32. The van der Waals surface area contributed by atoms with Crippen LogP contribution in [0.5, 0.6) is 0 Å². The third-order valence-corrected chi connectivity index (χ3v) is 3.56. The predicted octanol–water partition coefficient (Wildman–Crippen LogP) is 1.80. The molecule has 2 rings (SSSR count). The number of carbonyl (C=O) groups excluding carboxylic acids is 2. The van der Waals surface area contributed by atoms with Gasteiger partial charge in [-0.15, -0.1) is 0 Å². The molecule has 6 heteroatoms. The second-order valence-electron chi connectivity index (χ2n) is 4.60. The van der Waals surface area contributed by atoms with Gasteiger partial charge in [-0.25, -0.2) is 4.79 Å². The molecule has 1 aliphatic heterocycles. The van der Waals surface area contributed by atoms with E-state index in [9.17, 15) is 9.59 Å². The van der Waals surface area contributed by atoms with Crippen LogP contribution in [0, 0.1) is 0 Å². The second kappa shape index (κ2) is 6.24. The first-order chi connectivity index (χ1) is 9.52. The molecule has 0 bridgehead atoms. The van der Waals surface area contributed by atoms with E-state index < -0.39 is 12.0 Å². The van der Waals surface area contributed by atoms with Gasteiger partial charge in [0.15, 0.2) is 0 Å². The number of halogens is 1. The van der Waals surface area contributed by atoms with E-state index in [1.165, 1.54) is 12.0 Å². The van der Waals surface area contributed by atoms with Crippen LogP contribution in [-0.2, 0) is 19.1 Å². The maximum atomic E-state index is 11.9. The lowest BCUT2D eigenvalue weighted by Crippen LogP contribution is -2.50. The van der Waals surface area contributed by atoms with Crippen LogP contribution in [0.2, 0.25) is 5.02 Å². The molecule has 108 valence electrons. The SMILES string of the molecule is COC(=O)[C@@H](C)N1C[C@@H](c2cccc(Cl)c2)OCC1=O. The minimum absolute atomic E-state index is 0.0570. The molecule has 0 saturated carbocycles. The van der Waals surface area contributed by atoms with Gasteiger partial charge in [-0.2, -0.15) is 0 Å². The average Bonchev–Trinajstić information content (AvgIpc) is 2.46. The van der Waals surface area contributed by atoms with E-state index in [0.717, 1.165) is 5.56 Å². The fourth-order valence-electron chi connectivity index (χ4n) is 2.17. The van der Waals surface area contributed by atoms with Crippen molar-refractivity contribution < 1.29 is 19.1 Å². The lowest BCUT2D eigenvalue weighted by molar-refractivity contribution is -0.162. The van der Waals surface area contributed by atoms with Crippen LogP contribution in [0.3, 0.4) is 0 Å². The van der Waals surface area contributed by atoms with Gasteiger partial charge < -0.3 is 14.4 Å². The number of morpholine rings is 1. The number of amides is 1. The van der Waals surface area contributed by atoms with Gasteiger partial charge in [-0.05, 0) is 24.6 Å². The zero-order valence-corrected chi connectivity index (χ0v) is 12.1. The molecule has 0 aliphatic carbocycles. The summed E-state index contributed by atoms with van der Waals surface area (Å²) in [5, 5.41) is 0.607. The van der Waals surface area contributed by atoms with Crippen molar-refractivity contribution >= 4 is 23.5 Å². The van der Waals surface area contributed by atoms with Gasteiger partial charge in [0.05, 0.1) is 13.7 Å². The highest BCUT2D eigenvalue weighted by atomic mass is 35.5. The summed E-state index contributed by atoms with van der Waals surface area (Å²) in [5.41, 5.74) is 0.882. The molecule has 1 heterocycles. The van der Waals surface area contributed by atoms with Crippen molar-refractivity contribution in [2.75, 3.05) is 20.3 Å². The Hall–Kier alpha value is -1.59. The molecular weight excluding hydrogens is 282 g/mol. The normalized spacial score (nSPS) is 20.6. The van der Waals surface area contributed by atoms with Crippen molar-refractivity contribution in [3.05, 3.63) is 34.9 Å². The number of benzene rings is 1. The lowest BCUT2D eigenvalue weighted by atomic mass is 10.1. The first kappa shape index (κ1) is 14.8. The number of carbonyl (C=O) groups is 2. The Kier molecular flexibility index (Phi) is 4.62. The topological polar surface area (TPSA) is 55.8 Å². The molecular formula is C14H16ClNO4. The third kappa shape index (κ3) is 3.11. The summed E-state index contributed by atoms with van der Waals surface area (Å²) in [6.07, 6.45) is -0.293. The van der Waals surface area contributed by atoms with Crippen molar-refractivity contribution in [1.82, 2.24) is 4.90 Å². The van der Waals surface area contributed by atoms with Crippen molar-refractivity contribution in [2.24, 2.45) is 0 Å². The Morgan fingerprint density at radius 3 is 2.95 bits per heavy atom. The maximum Gasteiger partial charge on any atom is 0.328 e. The van der Waals surface area contributed by atoms with Crippen LogP contribution in [0.25, 0.3) is 0 Å². The highest BCUT2D eigenvalue weighted by Gasteiger charge is 2.33. The van der Waals surface area contributed by atoms with Crippen LogP contribution < -0.4 is 0 Å². The lowest BCUT2D eigenvalue weighted by Gasteiger charge is -2.35. The van der Waals surface area contributed by atoms with Gasteiger partial charge in [0, 0.05) is 5.02 Å². The Bertz CT molecular complexity index is 520. The summed E-state index contributed by atoms with van der Waals surface area (Å²) in [4.78, 5) is 24.9. The van der Waals surface area contributed by atoms with Crippen molar-refractivity contribution in [1.29, 1.82) is 0 Å². The first-order valence-electron chi connectivity index (χ1n) is 6.27. The zero-order valence-electron chi connectivity index (χ0n) is 11.3. The predicted molar refractivity (Wildman–Crippen MR) is 73.3 cm³/mol. The molecule has 20 heavy (non-hydrogen) atoms. The molecule has 1 fully saturated rings. The average molecular weight is 298 g/mol. The molecule has 1 amide bonds.